The minimum absolute atomic E-state index is 0.178. The molecule has 4 heteroatoms. The normalized spacial score (nSPS) is 23.3. The summed E-state index contributed by atoms with van der Waals surface area (Å²) in [5.74, 6) is 2.11. The fourth-order valence-electron chi connectivity index (χ4n) is 3.70. The first-order chi connectivity index (χ1) is 11.3. The standard InChI is InChI=1S/C19H27NO3/c1-22-17-6-7-18-15(11-17)3-2-4-16(18)12-20-19(21)8-5-14-9-10-23-13-14/h6-7,11,14,16H,2-5,8-10,12-13H2,1H3,(H,20,21)/t14-,16+/m1/s1. The maximum Gasteiger partial charge on any atom is 0.220 e. The van der Waals surface area contributed by atoms with Crippen LogP contribution in [0, 0.1) is 5.92 Å². The van der Waals surface area contributed by atoms with Crippen LogP contribution >= 0.6 is 0 Å². The van der Waals surface area contributed by atoms with Gasteiger partial charge in [0.25, 0.3) is 0 Å². The van der Waals surface area contributed by atoms with Gasteiger partial charge in [-0.2, -0.15) is 0 Å². The maximum absolute atomic E-state index is 12.1. The second kappa shape index (κ2) is 7.82. The van der Waals surface area contributed by atoms with Crippen LogP contribution in [-0.2, 0) is 16.0 Å². The molecule has 1 aliphatic heterocycles. The minimum atomic E-state index is 0.178. The molecule has 1 aromatic carbocycles. The van der Waals surface area contributed by atoms with Crippen molar-refractivity contribution in [2.75, 3.05) is 26.9 Å². The molecule has 1 aliphatic carbocycles. The number of methoxy groups -OCH3 is 1. The molecule has 23 heavy (non-hydrogen) atoms. The summed E-state index contributed by atoms with van der Waals surface area (Å²) in [7, 11) is 1.71. The lowest BCUT2D eigenvalue weighted by Crippen LogP contribution is -2.30. The molecule has 1 aromatic rings. The third kappa shape index (κ3) is 4.25. The zero-order valence-corrected chi connectivity index (χ0v) is 14.0. The summed E-state index contributed by atoms with van der Waals surface area (Å²) in [6.07, 6.45) is 6.11. The molecule has 1 N–H and O–H groups in total. The average Bonchev–Trinajstić information content (AvgIpc) is 3.11. The molecule has 3 rings (SSSR count). The van der Waals surface area contributed by atoms with Gasteiger partial charge in [-0.1, -0.05) is 6.07 Å². The maximum atomic E-state index is 12.1. The van der Waals surface area contributed by atoms with Crippen molar-refractivity contribution >= 4 is 5.91 Å². The summed E-state index contributed by atoms with van der Waals surface area (Å²) in [6, 6.07) is 6.34. The molecule has 0 radical (unpaired) electrons. The van der Waals surface area contributed by atoms with Crippen LogP contribution in [0.1, 0.15) is 49.1 Å². The van der Waals surface area contributed by atoms with E-state index in [0.717, 1.165) is 51.2 Å². The molecule has 4 nitrogen and oxygen atoms in total. The second-order valence-corrected chi connectivity index (χ2v) is 6.73. The van der Waals surface area contributed by atoms with Gasteiger partial charge in [-0.25, -0.2) is 0 Å². The first kappa shape index (κ1) is 16.3. The molecule has 1 saturated heterocycles. The van der Waals surface area contributed by atoms with Crippen molar-refractivity contribution in [2.24, 2.45) is 5.92 Å². The number of benzene rings is 1. The SMILES string of the molecule is COc1ccc2c(c1)CCC[C@H]2CNC(=O)CC[C@@H]1CCOC1. The third-order valence-corrected chi connectivity index (χ3v) is 5.14. The van der Waals surface area contributed by atoms with Gasteiger partial charge in [0.1, 0.15) is 5.75 Å². The Morgan fingerprint density at radius 2 is 2.30 bits per heavy atom. The average molecular weight is 317 g/mol. The molecular weight excluding hydrogens is 290 g/mol. The number of nitrogens with one attached hydrogen (secondary N) is 1. The highest BCUT2D eigenvalue weighted by Gasteiger charge is 2.22. The van der Waals surface area contributed by atoms with Crippen LogP contribution in [0.4, 0.5) is 0 Å². The molecule has 1 amide bonds. The summed E-state index contributed by atoms with van der Waals surface area (Å²) >= 11 is 0. The van der Waals surface area contributed by atoms with Gasteiger partial charge in [0.15, 0.2) is 0 Å². The van der Waals surface area contributed by atoms with E-state index in [4.69, 9.17) is 9.47 Å². The number of rotatable bonds is 6. The first-order valence-electron chi connectivity index (χ1n) is 8.77. The van der Waals surface area contributed by atoms with Crippen LogP contribution in [0.5, 0.6) is 5.75 Å². The van der Waals surface area contributed by atoms with Crippen LogP contribution in [-0.4, -0.2) is 32.8 Å². The smallest absolute Gasteiger partial charge is 0.220 e. The Hall–Kier alpha value is -1.55. The molecular formula is C19H27NO3. The van der Waals surface area contributed by atoms with Crippen molar-refractivity contribution in [3.05, 3.63) is 29.3 Å². The predicted octanol–water partition coefficient (Wildman–Crippen LogP) is 3.05. The van der Waals surface area contributed by atoms with Gasteiger partial charge in [0.2, 0.25) is 5.91 Å². The molecule has 0 aromatic heterocycles. The number of ether oxygens (including phenoxy) is 2. The number of hydrogen-bond acceptors (Lipinski definition) is 3. The molecule has 0 unspecified atom stereocenters. The van der Waals surface area contributed by atoms with E-state index in [1.54, 1.807) is 7.11 Å². The molecule has 0 saturated carbocycles. The van der Waals surface area contributed by atoms with Crippen LogP contribution in [0.2, 0.25) is 0 Å². The van der Waals surface area contributed by atoms with Crippen molar-refractivity contribution in [3.8, 4) is 5.75 Å². The highest BCUT2D eigenvalue weighted by atomic mass is 16.5. The third-order valence-electron chi connectivity index (χ3n) is 5.14. The van der Waals surface area contributed by atoms with Crippen molar-refractivity contribution in [1.29, 1.82) is 0 Å². The summed E-state index contributed by atoms with van der Waals surface area (Å²) in [5.41, 5.74) is 2.75. The number of fused-ring (bicyclic) bond motifs is 1. The van der Waals surface area contributed by atoms with Crippen LogP contribution in [0.15, 0.2) is 18.2 Å². The lowest BCUT2D eigenvalue weighted by Gasteiger charge is -2.26. The second-order valence-electron chi connectivity index (χ2n) is 6.73. The number of aryl methyl sites for hydroxylation is 1. The van der Waals surface area contributed by atoms with Crippen LogP contribution in [0.3, 0.4) is 0 Å². The lowest BCUT2D eigenvalue weighted by molar-refractivity contribution is -0.121. The van der Waals surface area contributed by atoms with Gasteiger partial charge < -0.3 is 14.8 Å². The predicted molar refractivity (Wildman–Crippen MR) is 89.8 cm³/mol. The van der Waals surface area contributed by atoms with Gasteiger partial charge in [-0.15, -0.1) is 0 Å². The van der Waals surface area contributed by atoms with Gasteiger partial charge in [0.05, 0.1) is 7.11 Å². The highest BCUT2D eigenvalue weighted by Crippen LogP contribution is 2.33. The van der Waals surface area contributed by atoms with E-state index in [2.05, 4.69) is 17.4 Å². The van der Waals surface area contributed by atoms with E-state index in [-0.39, 0.29) is 5.91 Å². The molecule has 2 aliphatic rings. The molecule has 1 fully saturated rings. The topological polar surface area (TPSA) is 47.6 Å². The largest absolute Gasteiger partial charge is 0.497 e. The Morgan fingerprint density at radius 1 is 1.39 bits per heavy atom. The molecule has 0 bridgehead atoms. The van der Waals surface area contributed by atoms with Gasteiger partial charge in [-0.05, 0) is 61.3 Å². The quantitative estimate of drug-likeness (QED) is 0.877. The van der Waals surface area contributed by atoms with Gasteiger partial charge in [0, 0.05) is 32.1 Å². The van der Waals surface area contributed by atoms with E-state index < -0.39 is 0 Å². The van der Waals surface area contributed by atoms with E-state index in [0.29, 0.717) is 18.3 Å². The molecule has 126 valence electrons. The first-order valence-corrected chi connectivity index (χ1v) is 8.77. The van der Waals surface area contributed by atoms with Crippen LogP contribution < -0.4 is 10.1 Å². The Kier molecular flexibility index (Phi) is 5.55. The fraction of sp³-hybridized carbons (Fsp3) is 0.632. The monoisotopic (exact) mass is 317 g/mol. The Balaban J connectivity index is 1.50. The molecule has 1 heterocycles. The summed E-state index contributed by atoms with van der Waals surface area (Å²) in [4.78, 5) is 12.1. The van der Waals surface area contributed by atoms with E-state index in [1.807, 2.05) is 6.07 Å². The van der Waals surface area contributed by atoms with Crippen molar-refractivity contribution in [2.45, 2.75) is 44.4 Å². The van der Waals surface area contributed by atoms with Crippen molar-refractivity contribution in [3.63, 3.8) is 0 Å². The Bertz CT molecular complexity index is 537. The fourth-order valence-corrected chi connectivity index (χ4v) is 3.70. The molecule has 2 atom stereocenters. The number of carbonyl (C=O) groups is 1. The van der Waals surface area contributed by atoms with Crippen molar-refractivity contribution < 1.29 is 14.3 Å². The number of hydrogen-bond donors (Lipinski definition) is 1. The van der Waals surface area contributed by atoms with Crippen molar-refractivity contribution in [1.82, 2.24) is 5.32 Å². The minimum Gasteiger partial charge on any atom is -0.497 e. The molecule has 0 spiro atoms. The summed E-state index contributed by atoms with van der Waals surface area (Å²) < 4.78 is 10.7. The number of amides is 1. The van der Waals surface area contributed by atoms with Gasteiger partial charge in [-0.3, -0.25) is 4.79 Å². The Morgan fingerprint density at radius 3 is 3.09 bits per heavy atom. The Labute approximate surface area is 138 Å². The van der Waals surface area contributed by atoms with Crippen LogP contribution in [0.25, 0.3) is 0 Å². The van der Waals surface area contributed by atoms with E-state index >= 15 is 0 Å². The van der Waals surface area contributed by atoms with E-state index in [9.17, 15) is 4.79 Å². The zero-order valence-electron chi connectivity index (χ0n) is 14.0. The zero-order chi connectivity index (χ0) is 16.1. The van der Waals surface area contributed by atoms with E-state index in [1.165, 1.54) is 17.5 Å². The van der Waals surface area contributed by atoms with Gasteiger partial charge >= 0.3 is 0 Å². The highest BCUT2D eigenvalue weighted by molar-refractivity contribution is 5.75. The summed E-state index contributed by atoms with van der Waals surface area (Å²) in [6.45, 7) is 2.43. The number of carbonyl (C=O) groups excluding carboxylic acids is 1. The lowest BCUT2D eigenvalue weighted by atomic mass is 9.82. The summed E-state index contributed by atoms with van der Waals surface area (Å²) in [5, 5.41) is 3.13.